The number of halogens is 1. The summed E-state index contributed by atoms with van der Waals surface area (Å²) in [4.78, 5) is 0. The molecule has 21 heavy (non-hydrogen) atoms. The molecular formula is C14H19ClN4O2. The predicted molar refractivity (Wildman–Crippen MR) is 81.5 cm³/mol. The first-order valence-electron chi connectivity index (χ1n) is 6.45. The fraction of sp³-hybridized carbons (Fsp3) is 0.357. The van der Waals surface area contributed by atoms with Gasteiger partial charge in [-0.1, -0.05) is 11.6 Å². The summed E-state index contributed by atoms with van der Waals surface area (Å²) < 4.78 is 12.3. The van der Waals surface area contributed by atoms with Gasteiger partial charge in [0.05, 0.1) is 31.0 Å². The number of ether oxygens (including phenoxy) is 2. The lowest BCUT2D eigenvalue weighted by Gasteiger charge is -2.18. The molecule has 0 fully saturated rings. The monoisotopic (exact) mass is 310 g/mol. The van der Waals surface area contributed by atoms with Gasteiger partial charge in [0, 0.05) is 19.7 Å². The second kappa shape index (κ2) is 6.80. The SMILES string of the molecule is COc1cc(C(Cc2ccn(C)n2)NN)cc(Cl)c1OC. The molecular weight excluding hydrogens is 292 g/mol. The molecule has 0 saturated carbocycles. The van der Waals surface area contributed by atoms with Crippen molar-refractivity contribution in [1.82, 2.24) is 15.2 Å². The fourth-order valence-corrected chi connectivity index (χ4v) is 2.49. The molecule has 1 atom stereocenters. The van der Waals surface area contributed by atoms with E-state index in [1.54, 1.807) is 18.9 Å². The van der Waals surface area contributed by atoms with Gasteiger partial charge in [-0.2, -0.15) is 5.10 Å². The summed E-state index contributed by atoms with van der Waals surface area (Å²) in [5.74, 6) is 6.75. The molecule has 114 valence electrons. The van der Waals surface area contributed by atoms with Crippen LogP contribution in [-0.4, -0.2) is 24.0 Å². The minimum absolute atomic E-state index is 0.128. The van der Waals surface area contributed by atoms with Crippen molar-refractivity contribution < 1.29 is 9.47 Å². The quantitative estimate of drug-likeness (QED) is 0.629. The molecule has 1 unspecified atom stereocenters. The molecule has 0 aliphatic rings. The molecule has 0 bridgehead atoms. The lowest BCUT2D eigenvalue weighted by Crippen LogP contribution is -2.29. The van der Waals surface area contributed by atoms with Crippen molar-refractivity contribution in [2.24, 2.45) is 12.9 Å². The van der Waals surface area contributed by atoms with Crippen molar-refractivity contribution >= 4 is 11.6 Å². The van der Waals surface area contributed by atoms with Gasteiger partial charge in [-0.05, 0) is 23.8 Å². The summed E-state index contributed by atoms with van der Waals surface area (Å²) in [5.41, 5.74) is 4.63. The number of aryl methyl sites for hydroxylation is 1. The van der Waals surface area contributed by atoms with Crippen molar-refractivity contribution in [1.29, 1.82) is 0 Å². The van der Waals surface area contributed by atoms with Crippen molar-refractivity contribution in [2.75, 3.05) is 14.2 Å². The molecule has 0 aliphatic heterocycles. The van der Waals surface area contributed by atoms with Gasteiger partial charge in [0.1, 0.15) is 0 Å². The largest absolute Gasteiger partial charge is 0.493 e. The Morgan fingerprint density at radius 2 is 2.14 bits per heavy atom. The van der Waals surface area contributed by atoms with Crippen LogP contribution in [0.15, 0.2) is 24.4 Å². The molecule has 6 nitrogen and oxygen atoms in total. The minimum atomic E-state index is -0.128. The number of nitrogens with one attached hydrogen (secondary N) is 1. The van der Waals surface area contributed by atoms with Gasteiger partial charge >= 0.3 is 0 Å². The molecule has 1 aromatic heterocycles. The Balaban J connectivity index is 2.31. The van der Waals surface area contributed by atoms with Gasteiger partial charge in [-0.15, -0.1) is 0 Å². The molecule has 1 heterocycles. The maximum atomic E-state index is 6.23. The Hall–Kier alpha value is -1.76. The normalized spacial score (nSPS) is 12.2. The van der Waals surface area contributed by atoms with Crippen molar-refractivity contribution in [3.8, 4) is 11.5 Å². The predicted octanol–water partition coefficient (Wildman–Crippen LogP) is 1.84. The first-order chi connectivity index (χ1) is 10.1. The maximum Gasteiger partial charge on any atom is 0.179 e. The van der Waals surface area contributed by atoms with E-state index in [0.29, 0.717) is 22.9 Å². The van der Waals surface area contributed by atoms with Crippen molar-refractivity contribution in [2.45, 2.75) is 12.5 Å². The summed E-state index contributed by atoms with van der Waals surface area (Å²) in [6.07, 6.45) is 2.54. The van der Waals surface area contributed by atoms with Gasteiger partial charge in [-0.25, -0.2) is 0 Å². The molecule has 7 heteroatoms. The standard InChI is InChI=1S/C14H19ClN4O2/c1-19-5-4-10(18-19)8-12(17-16)9-6-11(15)14(21-3)13(7-9)20-2/h4-7,12,17H,8,16H2,1-3H3. The summed E-state index contributed by atoms with van der Waals surface area (Å²) >= 11 is 6.23. The third kappa shape index (κ3) is 3.47. The second-order valence-electron chi connectivity index (χ2n) is 4.64. The lowest BCUT2D eigenvalue weighted by atomic mass is 10.0. The number of hydrogen-bond donors (Lipinski definition) is 2. The van der Waals surface area contributed by atoms with Crippen LogP contribution in [0, 0.1) is 0 Å². The Labute approximate surface area is 128 Å². The molecule has 0 saturated heterocycles. The van der Waals surface area contributed by atoms with Crippen LogP contribution in [0.4, 0.5) is 0 Å². The molecule has 2 aromatic rings. The highest BCUT2D eigenvalue weighted by atomic mass is 35.5. The van der Waals surface area contributed by atoms with Crippen LogP contribution >= 0.6 is 11.6 Å². The van der Waals surface area contributed by atoms with E-state index in [1.165, 1.54) is 0 Å². The third-order valence-corrected chi connectivity index (χ3v) is 3.52. The zero-order valence-corrected chi connectivity index (χ0v) is 13.0. The molecule has 2 rings (SSSR count). The van der Waals surface area contributed by atoms with E-state index < -0.39 is 0 Å². The number of nitrogens with two attached hydrogens (primary N) is 1. The molecule has 0 amide bonds. The Kier molecular flexibility index (Phi) is 5.06. The Morgan fingerprint density at radius 3 is 2.67 bits per heavy atom. The van der Waals surface area contributed by atoms with Gasteiger partial charge < -0.3 is 9.47 Å². The average Bonchev–Trinajstić information content (AvgIpc) is 2.89. The van der Waals surface area contributed by atoms with Gasteiger partial charge in [0.25, 0.3) is 0 Å². The summed E-state index contributed by atoms with van der Waals surface area (Å²) in [6, 6.07) is 5.50. The third-order valence-electron chi connectivity index (χ3n) is 3.24. The van der Waals surface area contributed by atoms with Crippen LogP contribution in [0.2, 0.25) is 5.02 Å². The summed E-state index contributed by atoms with van der Waals surface area (Å²) in [6.45, 7) is 0. The van der Waals surface area contributed by atoms with Crippen LogP contribution in [0.3, 0.4) is 0 Å². The first-order valence-corrected chi connectivity index (χ1v) is 6.83. The number of hydrogen-bond acceptors (Lipinski definition) is 5. The highest BCUT2D eigenvalue weighted by Crippen LogP contribution is 2.37. The van der Waals surface area contributed by atoms with Crippen molar-refractivity contribution in [3.63, 3.8) is 0 Å². The van der Waals surface area contributed by atoms with Crippen LogP contribution in [-0.2, 0) is 13.5 Å². The van der Waals surface area contributed by atoms with Crippen LogP contribution < -0.4 is 20.7 Å². The zero-order valence-electron chi connectivity index (χ0n) is 12.3. The Bertz CT molecular complexity index is 615. The molecule has 0 aliphatic carbocycles. The minimum Gasteiger partial charge on any atom is -0.493 e. The molecule has 0 spiro atoms. The number of benzene rings is 1. The number of nitrogens with zero attached hydrogens (tertiary/aromatic N) is 2. The van der Waals surface area contributed by atoms with Crippen LogP contribution in [0.25, 0.3) is 0 Å². The van der Waals surface area contributed by atoms with Gasteiger partial charge in [0.2, 0.25) is 0 Å². The number of rotatable bonds is 6. The highest BCUT2D eigenvalue weighted by Gasteiger charge is 2.18. The zero-order chi connectivity index (χ0) is 15.4. The number of aromatic nitrogens is 2. The van der Waals surface area contributed by atoms with Crippen LogP contribution in [0.1, 0.15) is 17.3 Å². The van der Waals surface area contributed by atoms with E-state index in [2.05, 4.69) is 10.5 Å². The van der Waals surface area contributed by atoms with Gasteiger partial charge in [-0.3, -0.25) is 16.0 Å². The van der Waals surface area contributed by atoms with E-state index in [1.807, 2.05) is 31.4 Å². The topological polar surface area (TPSA) is 74.3 Å². The van der Waals surface area contributed by atoms with E-state index in [0.717, 1.165) is 11.3 Å². The van der Waals surface area contributed by atoms with E-state index in [-0.39, 0.29) is 6.04 Å². The Morgan fingerprint density at radius 1 is 1.38 bits per heavy atom. The lowest BCUT2D eigenvalue weighted by molar-refractivity contribution is 0.354. The van der Waals surface area contributed by atoms with Crippen LogP contribution in [0.5, 0.6) is 11.5 Å². The number of methoxy groups -OCH3 is 2. The van der Waals surface area contributed by atoms with Crippen molar-refractivity contribution in [3.05, 3.63) is 40.7 Å². The molecule has 3 N–H and O–H groups in total. The first kappa shape index (κ1) is 15.6. The van der Waals surface area contributed by atoms with E-state index >= 15 is 0 Å². The summed E-state index contributed by atoms with van der Waals surface area (Å²) in [7, 11) is 5.00. The summed E-state index contributed by atoms with van der Waals surface area (Å²) in [5, 5.41) is 4.83. The average molecular weight is 311 g/mol. The molecule has 1 aromatic carbocycles. The fourth-order valence-electron chi connectivity index (χ4n) is 2.19. The molecule has 0 radical (unpaired) electrons. The van der Waals surface area contributed by atoms with Gasteiger partial charge in [0.15, 0.2) is 11.5 Å². The highest BCUT2D eigenvalue weighted by molar-refractivity contribution is 6.32. The van der Waals surface area contributed by atoms with E-state index in [4.69, 9.17) is 26.9 Å². The maximum absolute atomic E-state index is 6.23. The number of hydrazine groups is 1. The van der Waals surface area contributed by atoms with E-state index in [9.17, 15) is 0 Å². The smallest absolute Gasteiger partial charge is 0.179 e. The second-order valence-corrected chi connectivity index (χ2v) is 5.05.